The van der Waals surface area contributed by atoms with Crippen molar-refractivity contribution in [2.75, 3.05) is 23.8 Å². The Morgan fingerprint density at radius 1 is 1.35 bits per heavy atom. The van der Waals surface area contributed by atoms with Gasteiger partial charge in [0.1, 0.15) is 23.5 Å². The van der Waals surface area contributed by atoms with Gasteiger partial charge in [0.15, 0.2) is 0 Å². The molecule has 108 valence electrons. The van der Waals surface area contributed by atoms with Gasteiger partial charge in [-0.05, 0) is 32.1 Å². The molecule has 0 aromatic carbocycles. The lowest BCUT2D eigenvalue weighted by Crippen LogP contribution is -2.48. The summed E-state index contributed by atoms with van der Waals surface area (Å²) in [4.78, 5) is 22.9. The summed E-state index contributed by atoms with van der Waals surface area (Å²) in [5.41, 5.74) is 5.54. The minimum atomic E-state index is -0.262. The van der Waals surface area contributed by atoms with Gasteiger partial charge >= 0.3 is 0 Å². The molecule has 0 bridgehead atoms. The average molecular weight is 275 g/mol. The number of piperidine rings is 1. The molecular weight excluding hydrogens is 254 g/mol. The number of nitrogens with zero attached hydrogens (tertiary/aromatic N) is 3. The summed E-state index contributed by atoms with van der Waals surface area (Å²) in [6, 6.07) is 1.67. The SMILES string of the molecule is CNc1cc(N2CCCCC2C(N)=O)nc(C2CC2)n1. The highest BCUT2D eigenvalue weighted by molar-refractivity contribution is 5.83. The zero-order valence-electron chi connectivity index (χ0n) is 11.8. The van der Waals surface area contributed by atoms with E-state index in [0.717, 1.165) is 56.1 Å². The lowest BCUT2D eigenvalue weighted by molar-refractivity contribution is -0.119. The van der Waals surface area contributed by atoms with Crippen LogP contribution in [0.5, 0.6) is 0 Å². The number of hydrogen-bond acceptors (Lipinski definition) is 5. The van der Waals surface area contributed by atoms with Crippen molar-refractivity contribution in [2.45, 2.75) is 44.1 Å². The summed E-state index contributed by atoms with van der Waals surface area (Å²) in [5.74, 6) is 2.75. The molecule has 1 aliphatic carbocycles. The monoisotopic (exact) mass is 275 g/mol. The molecule has 2 fully saturated rings. The number of aromatic nitrogens is 2. The average Bonchev–Trinajstić information content (AvgIpc) is 3.31. The van der Waals surface area contributed by atoms with Gasteiger partial charge in [0.2, 0.25) is 5.91 Å². The smallest absolute Gasteiger partial charge is 0.240 e. The fraction of sp³-hybridized carbons (Fsp3) is 0.643. The number of hydrogen-bond donors (Lipinski definition) is 2. The first-order chi connectivity index (χ1) is 9.69. The second-order valence-electron chi connectivity index (χ2n) is 5.60. The largest absolute Gasteiger partial charge is 0.373 e. The third-order valence-electron chi connectivity index (χ3n) is 4.05. The first kappa shape index (κ1) is 13.1. The van der Waals surface area contributed by atoms with Crippen LogP contribution in [0.2, 0.25) is 0 Å². The number of rotatable bonds is 4. The van der Waals surface area contributed by atoms with Crippen LogP contribution in [0.3, 0.4) is 0 Å². The van der Waals surface area contributed by atoms with E-state index in [4.69, 9.17) is 5.73 Å². The highest BCUT2D eigenvalue weighted by Gasteiger charge is 2.31. The van der Waals surface area contributed by atoms with E-state index in [2.05, 4.69) is 15.3 Å². The van der Waals surface area contributed by atoms with Crippen LogP contribution in [0.4, 0.5) is 11.6 Å². The van der Waals surface area contributed by atoms with Crippen LogP contribution >= 0.6 is 0 Å². The lowest BCUT2D eigenvalue weighted by atomic mass is 10.0. The number of carbonyl (C=O) groups is 1. The van der Waals surface area contributed by atoms with Crippen molar-refractivity contribution in [2.24, 2.45) is 5.73 Å². The molecule has 1 aromatic rings. The zero-order chi connectivity index (χ0) is 14.1. The third kappa shape index (κ3) is 2.55. The molecule has 0 spiro atoms. The van der Waals surface area contributed by atoms with Crippen molar-refractivity contribution >= 4 is 17.5 Å². The Bertz CT molecular complexity index is 514. The highest BCUT2D eigenvalue weighted by Crippen LogP contribution is 2.39. The fourth-order valence-electron chi connectivity index (χ4n) is 2.75. The topological polar surface area (TPSA) is 84.1 Å². The molecule has 0 radical (unpaired) electrons. The van der Waals surface area contributed by atoms with E-state index < -0.39 is 0 Å². The maximum atomic E-state index is 11.6. The Morgan fingerprint density at radius 2 is 2.15 bits per heavy atom. The second-order valence-corrected chi connectivity index (χ2v) is 5.60. The summed E-state index contributed by atoms with van der Waals surface area (Å²) < 4.78 is 0. The summed E-state index contributed by atoms with van der Waals surface area (Å²) >= 11 is 0. The molecule has 1 saturated heterocycles. The Hall–Kier alpha value is -1.85. The first-order valence-electron chi connectivity index (χ1n) is 7.31. The van der Waals surface area contributed by atoms with Gasteiger partial charge in [-0.3, -0.25) is 4.79 Å². The molecule has 3 rings (SSSR count). The van der Waals surface area contributed by atoms with Gasteiger partial charge in [-0.1, -0.05) is 0 Å². The van der Waals surface area contributed by atoms with Crippen LogP contribution in [-0.2, 0) is 4.79 Å². The van der Waals surface area contributed by atoms with E-state index in [1.807, 2.05) is 18.0 Å². The summed E-state index contributed by atoms with van der Waals surface area (Å²) in [6.07, 6.45) is 5.25. The van der Waals surface area contributed by atoms with E-state index in [1.165, 1.54) is 0 Å². The number of nitrogens with two attached hydrogens (primary N) is 1. The first-order valence-corrected chi connectivity index (χ1v) is 7.31. The predicted molar refractivity (Wildman–Crippen MR) is 77.7 cm³/mol. The van der Waals surface area contributed by atoms with Crippen molar-refractivity contribution in [1.82, 2.24) is 9.97 Å². The van der Waals surface area contributed by atoms with Crippen molar-refractivity contribution in [3.8, 4) is 0 Å². The van der Waals surface area contributed by atoms with Gasteiger partial charge in [-0.2, -0.15) is 0 Å². The van der Waals surface area contributed by atoms with Crippen LogP contribution in [0.25, 0.3) is 0 Å². The Kier molecular flexibility index (Phi) is 3.46. The predicted octanol–water partition coefficient (Wildman–Crippen LogP) is 1.24. The van der Waals surface area contributed by atoms with Crippen LogP contribution in [0.1, 0.15) is 43.8 Å². The minimum Gasteiger partial charge on any atom is -0.373 e. The number of amides is 1. The third-order valence-corrected chi connectivity index (χ3v) is 4.05. The molecule has 2 aliphatic rings. The normalized spacial score (nSPS) is 22.6. The maximum Gasteiger partial charge on any atom is 0.240 e. The standard InChI is InChI=1S/C14H21N5O/c1-16-11-8-12(18-14(17-11)9-5-6-9)19-7-3-2-4-10(19)13(15)20/h8-10H,2-7H2,1H3,(H2,15,20)(H,16,17,18). The summed E-state index contributed by atoms with van der Waals surface area (Å²) in [7, 11) is 1.85. The molecule has 6 heteroatoms. The minimum absolute atomic E-state index is 0.240. The van der Waals surface area contributed by atoms with Gasteiger partial charge in [-0.15, -0.1) is 0 Å². The van der Waals surface area contributed by atoms with Crippen LogP contribution in [-0.4, -0.2) is 35.5 Å². The highest BCUT2D eigenvalue weighted by atomic mass is 16.1. The number of primary amides is 1. The van der Waals surface area contributed by atoms with Gasteiger partial charge < -0.3 is 16.0 Å². The number of nitrogens with one attached hydrogen (secondary N) is 1. The molecule has 1 atom stereocenters. The molecule has 3 N–H and O–H groups in total. The van der Waals surface area contributed by atoms with Gasteiger partial charge in [0.05, 0.1) is 0 Å². The summed E-state index contributed by atoms with van der Waals surface area (Å²) in [5, 5.41) is 3.08. The van der Waals surface area contributed by atoms with E-state index in [-0.39, 0.29) is 11.9 Å². The molecule has 6 nitrogen and oxygen atoms in total. The van der Waals surface area contributed by atoms with Crippen molar-refractivity contribution in [3.05, 3.63) is 11.9 Å². The van der Waals surface area contributed by atoms with Crippen molar-refractivity contribution in [1.29, 1.82) is 0 Å². The van der Waals surface area contributed by atoms with Gasteiger partial charge in [0, 0.05) is 25.6 Å². The molecule has 1 saturated carbocycles. The van der Waals surface area contributed by atoms with E-state index in [9.17, 15) is 4.79 Å². The second kappa shape index (κ2) is 5.26. The quantitative estimate of drug-likeness (QED) is 0.863. The van der Waals surface area contributed by atoms with Crippen molar-refractivity contribution in [3.63, 3.8) is 0 Å². The van der Waals surface area contributed by atoms with Crippen molar-refractivity contribution < 1.29 is 4.79 Å². The van der Waals surface area contributed by atoms with E-state index in [0.29, 0.717) is 5.92 Å². The molecule has 1 aliphatic heterocycles. The molecule has 1 amide bonds. The van der Waals surface area contributed by atoms with Crippen LogP contribution in [0.15, 0.2) is 6.07 Å². The maximum absolute atomic E-state index is 11.6. The van der Waals surface area contributed by atoms with Crippen LogP contribution in [0, 0.1) is 0 Å². The van der Waals surface area contributed by atoms with Gasteiger partial charge in [0.25, 0.3) is 0 Å². The Morgan fingerprint density at radius 3 is 2.80 bits per heavy atom. The molecule has 1 unspecified atom stereocenters. The van der Waals surface area contributed by atoms with Gasteiger partial charge in [-0.25, -0.2) is 9.97 Å². The molecule has 2 heterocycles. The zero-order valence-corrected chi connectivity index (χ0v) is 11.8. The molecule has 1 aromatic heterocycles. The fourth-order valence-corrected chi connectivity index (χ4v) is 2.75. The number of carbonyl (C=O) groups excluding carboxylic acids is 1. The van der Waals surface area contributed by atoms with E-state index in [1.54, 1.807) is 0 Å². The van der Waals surface area contributed by atoms with Crippen LogP contribution < -0.4 is 16.0 Å². The Labute approximate surface area is 118 Å². The Balaban J connectivity index is 1.94. The molecular formula is C14H21N5O. The van der Waals surface area contributed by atoms with E-state index >= 15 is 0 Å². The molecule has 20 heavy (non-hydrogen) atoms. The lowest BCUT2D eigenvalue weighted by Gasteiger charge is -2.34. The number of anilines is 2. The summed E-state index contributed by atoms with van der Waals surface area (Å²) in [6.45, 7) is 0.831.